The molecule has 0 saturated heterocycles. The van der Waals surface area contributed by atoms with Crippen molar-refractivity contribution in [2.24, 2.45) is 7.05 Å². The van der Waals surface area contributed by atoms with Crippen LogP contribution in [0.25, 0.3) is 0 Å². The fraction of sp³-hybridized carbons (Fsp3) is 0.231. The summed E-state index contributed by atoms with van der Waals surface area (Å²) in [4.78, 5) is 11.8. The highest BCUT2D eigenvalue weighted by Crippen LogP contribution is 2.24. The second-order valence-electron chi connectivity index (χ2n) is 4.08. The zero-order chi connectivity index (χ0) is 15.2. The molecule has 1 heterocycles. The lowest BCUT2D eigenvalue weighted by molar-refractivity contribution is 0.0982. The number of nitrogens with one attached hydrogen (secondary N) is 1. The van der Waals surface area contributed by atoms with Crippen molar-refractivity contribution in [1.82, 2.24) is 14.1 Å². The molecule has 112 valence electrons. The molecule has 0 aliphatic carbocycles. The third-order valence-electron chi connectivity index (χ3n) is 2.73. The van der Waals surface area contributed by atoms with Crippen molar-refractivity contribution in [2.45, 2.75) is 6.61 Å². The standard InChI is InChI=1S/C13H13BrFN3O3/c1-18-6-5-12(17-18)20-7-10-9(13(19)16-14)3-2-4-11(10)21-8-15/h2-6H,7-8H2,1H3,(H,16,19). The molecule has 0 saturated carbocycles. The fourth-order valence-corrected chi connectivity index (χ4v) is 2.00. The molecular formula is C13H13BrFN3O3. The van der Waals surface area contributed by atoms with Crippen LogP contribution in [0.4, 0.5) is 4.39 Å². The van der Waals surface area contributed by atoms with E-state index in [1.54, 1.807) is 42.2 Å². The average molecular weight is 358 g/mol. The third kappa shape index (κ3) is 3.72. The number of ether oxygens (including phenoxy) is 2. The number of rotatable bonds is 6. The number of aryl methyl sites for hydroxylation is 1. The largest absolute Gasteiger partial charge is 0.472 e. The number of hydrogen-bond acceptors (Lipinski definition) is 4. The second kappa shape index (κ2) is 7.07. The second-order valence-corrected chi connectivity index (χ2v) is 4.47. The van der Waals surface area contributed by atoms with Crippen molar-refractivity contribution in [3.63, 3.8) is 0 Å². The van der Waals surface area contributed by atoms with Crippen molar-refractivity contribution < 1.29 is 18.7 Å². The summed E-state index contributed by atoms with van der Waals surface area (Å²) < 4.78 is 26.8. The van der Waals surface area contributed by atoms with Crippen molar-refractivity contribution in [1.29, 1.82) is 0 Å². The summed E-state index contributed by atoms with van der Waals surface area (Å²) in [6.45, 7) is -0.959. The van der Waals surface area contributed by atoms with E-state index in [9.17, 15) is 9.18 Å². The molecule has 21 heavy (non-hydrogen) atoms. The summed E-state index contributed by atoms with van der Waals surface area (Å²) in [5.41, 5.74) is 0.770. The van der Waals surface area contributed by atoms with Crippen LogP contribution in [0.3, 0.4) is 0 Å². The van der Waals surface area contributed by atoms with E-state index in [0.717, 1.165) is 0 Å². The molecule has 0 bridgehead atoms. The molecule has 2 rings (SSSR count). The first kappa shape index (κ1) is 15.3. The minimum atomic E-state index is -0.990. The van der Waals surface area contributed by atoms with Crippen LogP contribution >= 0.6 is 16.1 Å². The molecule has 0 radical (unpaired) electrons. The quantitative estimate of drug-likeness (QED) is 0.806. The summed E-state index contributed by atoms with van der Waals surface area (Å²) in [7, 11) is 1.76. The monoisotopic (exact) mass is 357 g/mol. The highest BCUT2D eigenvalue weighted by molar-refractivity contribution is 9.08. The minimum Gasteiger partial charge on any atom is -0.472 e. The molecule has 0 aliphatic rings. The Morgan fingerprint density at radius 3 is 2.86 bits per heavy atom. The van der Waals surface area contributed by atoms with Crippen LogP contribution in [0.2, 0.25) is 0 Å². The van der Waals surface area contributed by atoms with E-state index in [0.29, 0.717) is 17.0 Å². The van der Waals surface area contributed by atoms with Crippen LogP contribution in [0.5, 0.6) is 11.6 Å². The number of aromatic nitrogens is 2. The first-order chi connectivity index (χ1) is 10.2. The predicted molar refractivity (Wildman–Crippen MR) is 77.0 cm³/mol. The number of hydrogen-bond donors (Lipinski definition) is 1. The van der Waals surface area contributed by atoms with E-state index in [2.05, 4.69) is 25.6 Å². The Bertz CT molecular complexity index is 633. The molecule has 6 nitrogen and oxygen atoms in total. The Morgan fingerprint density at radius 1 is 1.43 bits per heavy atom. The van der Waals surface area contributed by atoms with Crippen molar-refractivity contribution >= 4 is 22.1 Å². The number of carbonyl (C=O) groups is 1. The Balaban J connectivity index is 2.27. The van der Waals surface area contributed by atoms with E-state index >= 15 is 0 Å². The third-order valence-corrected chi connectivity index (χ3v) is 3.09. The normalized spacial score (nSPS) is 10.2. The van der Waals surface area contributed by atoms with Gasteiger partial charge in [-0.3, -0.25) is 13.8 Å². The molecule has 8 heteroatoms. The van der Waals surface area contributed by atoms with Crippen LogP contribution in [-0.4, -0.2) is 22.5 Å². The number of halogens is 2. The fourth-order valence-electron chi connectivity index (χ4n) is 1.79. The van der Waals surface area contributed by atoms with Gasteiger partial charge in [0.25, 0.3) is 5.91 Å². The SMILES string of the molecule is Cn1ccc(OCc2c(OCF)cccc2C(=O)NBr)n1. The topological polar surface area (TPSA) is 65.4 Å². The lowest BCUT2D eigenvalue weighted by Gasteiger charge is -2.13. The van der Waals surface area contributed by atoms with Crippen LogP contribution < -0.4 is 13.8 Å². The molecule has 0 spiro atoms. The Labute approximate surface area is 129 Å². The molecule has 1 N–H and O–H groups in total. The highest BCUT2D eigenvalue weighted by atomic mass is 79.9. The van der Waals surface area contributed by atoms with Gasteiger partial charge in [-0.15, -0.1) is 5.10 Å². The van der Waals surface area contributed by atoms with Gasteiger partial charge in [-0.25, -0.2) is 4.39 Å². The molecule has 0 unspecified atom stereocenters. The summed E-state index contributed by atoms with van der Waals surface area (Å²) in [5, 5.41) is 4.07. The summed E-state index contributed by atoms with van der Waals surface area (Å²) in [6, 6.07) is 6.45. The number of carbonyl (C=O) groups excluding carboxylic acids is 1. The lowest BCUT2D eigenvalue weighted by Crippen LogP contribution is -2.16. The molecule has 1 aromatic heterocycles. The Kier molecular flexibility index (Phi) is 5.15. The van der Waals surface area contributed by atoms with Crippen LogP contribution in [-0.2, 0) is 13.7 Å². The highest BCUT2D eigenvalue weighted by Gasteiger charge is 2.16. The molecule has 1 amide bonds. The Morgan fingerprint density at radius 2 is 2.24 bits per heavy atom. The zero-order valence-corrected chi connectivity index (χ0v) is 12.8. The molecular weight excluding hydrogens is 345 g/mol. The van der Waals surface area contributed by atoms with Gasteiger partial charge in [0.2, 0.25) is 12.7 Å². The van der Waals surface area contributed by atoms with Gasteiger partial charge in [0.05, 0.1) is 5.56 Å². The molecule has 1 aromatic carbocycles. The van der Waals surface area contributed by atoms with Crippen molar-refractivity contribution in [3.05, 3.63) is 41.6 Å². The van der Waals surface area contributed by atoms with Gasteiger partial charge in [-0.05, 0) is 12.1 Å². The van der Waals surface area contributed by atoms with E-state index in [1.807, 2.05) is 0 Å². The summed E-state index contributed by atoms with van der Waals surface area (Å²) in [6.07, 6.45) is 1.73. The summed E-state index contributed by atoms with van der Waals surface area (Å²) >= 11 is 2.88. The number of nitrogens with zero attached hydrogens (tertiary/aromatic N) is 2. The first-order valence-electron chi connectivity index (χ1n) is 5.99. The van der Waals surface area contributed by atoms with Gasteiger partial charge < -0.3 is 9.47 Å². The summed E-state index contributed by atoms with van der Waals surface area (Å²) in [5.74, 6) is 0.277. The van der Waals surface area contributed by atoms with Gasteiger partial charge in [-0.1, -0.05) is 6.07 Å². The number of alkyl halides is 1. The van der Waals surface area contributed by atoms with Crippen LogP contribution in [0, 0.1) is 0 Å². The Hall–Kier alpha value is -2.09. The van der Waals surface area contributed by atoms with E-state index < -0.39 is 6.86 Å². The average Bonchev–Trinajstić information content (AvgIpc) is 2.91. The maximum Gasteiger partial charge on any atom is 0.261 e. The van der Waals surface area contributed by atoms with Gasteiger partial charge in [0.1, 0.15) is 12.4 Å². The van der Waals surface area contributed by atoms with E-state index in [-0.39, 0.29) is 18.3 Å². The molecule has 0 fully saturated rings. The maximum atomic E-state index is 12.5. The van der Waals surface area contributed by atoms with Gasteiger partial charge in [0, 0.05) is 41.0 Å². The van der Waals surface area contributed by atoms with E-state index in [4.69, 9.17) is 9.47 Å². The van der Waals surface area contributed by atoms with Crippen LogP contribution in [0.1, 0.15) is 15.9 Å². The smallest absolute Gasteiger partial charge is 0.261 e. The zero-order valence-electron chi connectivity index (χ0n) is 11.2. The molecule has 2 aromatic rings. The lowest BCUT2D eigenvalue weighted by atomic mass is 10.1. The number of benzene rings is 1. The van der Waals surface area contributed by atoms with Gasteiger partial charge >= 0.3 is 0 Å². The first-order valence-corrected chi connectivity index (χ1v) is 6.79. The number of amides is 1. The predicted octanol–water partition coefficient (Wildman–Crippen LogP) is 2.34. The van der Waals surface area contributed by atoms with Gasteiger partial charge in [0.15, 0.2) is 0 Å². The molecule has 0 aliphatic heterocycles. The maximum absolute atomic E-state index is 12.5. The minimum absolute atomic E-state index is 0.0307. The van der Waals surface area contributed by atoms with Crippen molar-refractivity contribution in [2.75, 3.05) is 6.86 Å². The van der Waals surface area contributed by atoms with E-state index in [1.165, 1.54) is 0 Å². The van der Waals surface area contributed by atoms with Crippen molar-refractivity contribution in [3.8, 4) is 11.6 Å². The molecule has 0 atom stereocenters. The van der Waals surface area contributed by atoms with Gasteiger partial charge in [-0.2, -0.15) is 0 Å². The van der Waals surface area contributed by atoms with Crippen LogP contribution in [0.15, 0.2) is 30.5 Å².